The third-order valence-electron chi connectivity index (χ3n) is 4.79. The first-order chi connectivity index (χ1) is 14.2. The molecular weight excluding hydrogens is 408 g/mol. The van der Waals surface area contributed by atoms with Crippen molar-refractivity contribution in [2.24, 2.45) is 0 Å². The molecule has 3 rings (SSSR count). The van der Waals surface area contributed by atoms with Gasteiger partial charge in [0.1, 0.15) is 11.6 Å². The Morgan fingerprint density at radius 1 is 1.30 bits per heavy atom. The number of benzene rings is 1. The number of hydrogen-bond donors (Lipinski definition) is 1. The molecule has 6 nitrogen and oxygen atoms in total. The first kappa shape index (κ1) is 21.4. The minimum atomic E-state index is -4.68. The number of methoxy groups -OCH3 is 2. The lowest BCUT2D eigenvalue weighted by molar-refractivity contribution is -0.141. The van der Waals surface area contributed by atoms with Crippen molar-refractivity contribution in [3.8, 4) is 5.75 Å². The summed E-state index contributed by atoms with van der Waals surface area (Å²) >= 11 is 0. The molecule has 1 N–H and O–H groups in total. The predicted molar refractivity (Wildman–Crippen MR) is 99.4 cm³/mol. The number of urea groups is 1. The minimum Gasteiger partial charge on any atom is -0.495 e. The molecule has 2 bridgehead atoms. The van der Waals surface area contributed by atoms with E-state index < -0.39 is 35.6 Å². The van der Waals surface area contributed by atoms with Crippen molar-refractivity contribution in [3.63, 3.8) is 0 Å². The lowest BCUT2D eigenvalue weighted by atomic mass is 9.97. The van der Waals surface area contributed by atoms with Gasteiger partial charge in [-0.05, 0) is 29.8 Å². The Bertz CT molecular complexity index is 966. The maximum Gasteiger partial charge on any atom is 0.416 e. The van der Waals surface area contributed by atoms with Crippen molar-refractivity contribution in [3.05, 3.63) is 59.1 Å². The van der Waals surface area contributed by atoms with Gasteiger partial charge in [0.05, 0.1) is 43.6 Å². The van der Waals surface area contributed by atoms with Gasteiger partial charge in [-0.1, -0.05) is 12.2 Å². The second-order valence-corrected chi connectivity index (χ2v) is 6.58. The highest BCUT2D eigenvalue weighted by molar-refractivity contribution is 5.97. The molecule has 1 aromatic rings. The normalized spacial score (nSPS) is 19.0. The van der Waals surface area contributed by atoms with Crippen molar-refractivity contribution in [2.75, 3.05) is 19.1 Å². The number of anilines is 1. The van der Waals surface area contributed by atoms with Gasteiger partial charge in [-0.2, -0.15) is 13.2 Å². The van der Waals surface area contributed by atoms with E-state index in [1.165, 1.54) is 19.3 Å². The van der Waals surface area contributed by atoms with Crippen molar-refractivity contribution >= 4 is 17.7 Å². The van der Waals surface area contributed by atoms with Crippen LogP contribution in [0.1, 0.15) is 18.4 Å². The predicted octanol–water partition coefficient (Wildman–Crippen LogP) is 4.24. The number of carbonyl (C=O) groups excluding carboxylic acids is 2. The van der Waals surface area contributed by atoms with Gasteiger partial charge in [-0.3, -0.25) is 9.69 Å². The Hall–Kier alpha value is -3.30. The van der Waals surface area contributed by atoms with Crippen LogP contribution in [0.4, 0.5) is 28.0 Å². The summed E-state index contributed by atoms with van der Waals surface area (Å²) in [7, 11) is 2.39. The maximum absolute atomic E-state index is 14.3. The average Bonchev–Trinajstić information content (AvgIpc) is 2.95. The van der Waals surface area contributed by atoms with Crippen LogP contribution in [0.15, 0.2) is 53.5 Å². The molecule has 1 fully saturated rings. The molecule has 0 saturated carbocycles. The number of esters is 1. The Morgan fingerprint density at radius 2 is 2.03 bits per heavy atom. The largest absolute Gasteiger partial charge is 0.495 e. The minimum absolute atomic E-state index is 0.0205. The van der Waals surface area contributed by atoms with Gasteiger partial charge in [0.25, 0.3) is 0 Å². The van der Waals surface area contributed by atoms with Crippen LogP contribution in [-0.4, -0.2) is 32.3 Å². The van der Waals surface area contributed by atoms with Crippen LogP contribution < -0.4 is 15.0 Å². The zero-order valence-electron chi connectivity index (χ0n) is 16.0. The van der Waals surface area contributed by atoms with Gasteiger partial charge in [-0.25, -0.2) is 9.18 Å². The highest BCUT2D eigenvalue weighted by Gasteiger charge is 2.39. The highest BCUT2D eigenvalue weighted by atomic mass is 19.4. The van der Waals surface area contributed by atoms with Crippen LogP contribution in [0.3, 0.4) is 0 Å². The number of hydrogen-bond acceptors (Lipinski definition) is 4. The molecule has 0 aromatic heterocycles. The Balaban J connectivity index is 2.21. The summed E-state index contributed by atoms with van der Waals surface area (Å²) < 4.78 is 64.1. The SMILES string of the molecule is COC(=O)CC1C2=CC=CC(F)=C(C2)NC(=O)N1c1cc(C(F)(F)F)ccc1OC. The van der Waals surface area contributed by atoms with E-state index in [1.807, 2.05) is 0 Å². The van der Waals surface area contributed by atoms with Crippen molar-refractivity contribution < 1.29 is 36.6 Å². The van der Waals surface area contributed by atoms with Gasteiger partial charge in [0.15, 0.2) is 0 Å². The number of halogens is 4. The van der Waals surface area contributed by atoms with E-state index in [9.17, 15) is 27.2 Å². The fraction of sp³-hybridized carbons (Fsp3) is 0.300. The molecule has 2 amide bonds. The molecule has 1 aliphatic carbocycles. The van der Waals surface area contributed by atoms with Crippen LogP contribution in [0.25, 0.3) is 0 Å². The Kier molecular flexibility index (Phi) is 5.86. The molecule has 0 spiro atoms. The third kappa shape index (κ3) is 4.17. The van der Waals surface area contributed by atoms with Gasteiger partial charge < -0.3 is 14.8 Å². The summed E-state index contributed by atoms with van der Waals surface area (Å²) in [5, 5.41) is 2.39. The van der Waals surface area contributed by atoms with Crippen LogP contribution in [0.5, 0.6) is 5.75 Å². The van der Waals surface area contributed by atoms with Crippen LogP contribution in [0.2, 0.25) is 0 Å². The molecule has 10 heteroatoms. The molecule has 1 aromatic carbocycles. The fourth-order valence-electron chi connectivity index (χ4n) is 3.33. The number of nitrogens with zero attached hydrogens (tertiary/aromatic N) is 1. The second kappa shape index (κ2) is 8.21. The molecule has 0 radical (unpaired) electrons. The number of fused-ring (bicyclic) bond motifs is 2. The maximum atomic E-state index is 14.3. The average molecular weight is 426 g/mol. The molecule has 160 valence electrons. The molecule has 30 heavy (non-hydrogen) atoms. The Morgan fingerprint density at radius 3 is 2.67 bits per heavy atom. The fourth-order valence-corrected chi connectivity index (χ4v) is 3.33. The topological polar surface area (TPSA) is 67.9 Å². The van der Waals surface area contributed by atoms with E-state index in [4.69, 9.17) is 9.47 Å². The van der Waals surface area contributed by atoms with E-state index in [-0.39, 0.29) is 30.0 Å². The van der Waals surface area contributed by atoms with Gasteiger partial charge >= 0.3 is 18.2 Å². The molecule has 1 aliphatic heterocycles. The number of nitrogens with one attached hydrogen (secondary N) is 1. The van der Waals surface area contributed by atoms with E-state index in [0.717, 1.165) is 36.3 Å². The van der Waals surface area contributed by atoms with E-state index >= 15 is 0 Å². The zero-order chi connectivity index (χ0) is 22.1. The van der Waals surface area contributed by atoms with Crippen molar-refractivity contribution in [1.29, 1.82) is 0 Å². The quantitative estimate of drug-likeness (QED) is 0.578. The van der Waals surface area contributed by atoms with Crippen LogP contribution >= 0.6 is 0 Å². The number of amides is 2. The smallest absolute Gasteiger partial charge is 0.416 e. The van der Waals surface area contributed by atoms with Gasteiger partial charge in [-0.15, -0.1) is 0 Å². The standard InChI is InChI=1S/C20H18F4N2O4/c1-29-17-7-6-12(20(22,23)24)9-16(17)26-15(10-18(27)30-2)11-4-3-5-13(21)14(8-11)25-19(26)28/h3-7,9,15H,8,10H2,1-2H3,(H,25,28). The van der Waals surface area contributed by atoms with Crippen molar-refractivity contribution in [2.45, 2.75) is 25.1 Å². The molecule has 1 unspecified atom stereocenters. The lowest BCUT2D eigenvalue weighted by Gasteiger charge is -2.31. The third-order valence-corrected chi connectivity index (χ3v) is 4.79. The molecule has 1 heterocycles. The zero-order valence-corrected chi connectivity index (χ0v) is 16.0. The van der Waals surface area contributed by atoms with Gasteiger partial charge in [0.2, 0.25) is 0 Å². The van der Waals surface area contributed by atoms with Crippen LogP contribution in [0, 0.1) is 0 Å². The molecule has 1 saturated heterocycles. The number of ether oxygens (including phenoxy) is 2. The first-order valence-corrected chi connectivity index (χ1v) is 8.83. The van der Waals surface area contributed by atoms with Crippen LogP contribution in [-0.2, 0) is 15.7 Å². The summed E-state index contributed by atoms with van der Waals surface area (Å²) in [6, 6.07) is 0.736. The molecule has 1 atom stereocenters. The van der Waals surface area contributed by atoms with E-state index in [2.05, 4.69) is 5.32 Å². The highest BCUT2D eigenvalue weighted by Crippen LogP contribution is 2.40. The first-order valence-electron chi connectivity index (χ1n) is 8.83. The van der Waals surface area contributed by atoms with Crippen molar-refractivity contribution in [1.82, 2.24) is 5.32 Å². The van der Waals surface area contributed by atoms with E-state index in [0.29, 0.717) is 5.57 Å². The number of rotatable bonds is 4. The monoisotopic (exact) mass is 426 g/mol. The summed E-state index contributed by atoms with van der Waals surface area (Å²) in [6.07, 6.45) is -0.986. The second-order valence-electron chi connectivity index (χ2n) is 6.58. The lowest BCUT2D eigenvalue weighted by Crippen LogP contribution is -2.45. The number of carbonyl (C=O) groups is 2. The Labute approximate surface area is 169 Å². The summed E-state index contributed by atoms with van der Waals surface area (Å²) in [4.78, 5) is 26.0. The summed E-state index contributed by atoms with van der Waals surface area (Å²) in [6.45, 7) is 0. The summed E-state index contributed by atoms with van der Waals surface area (Å²) in [5.41, 5.74) is -0.831. The van der Waals surface area contributed by atoms with Gasteiger partial charge in [0, 0.05) is 6.42 Å². The molecular formula is C20H18F4N2O4. The number of allylic oxidation sites excluding steroid dienone is 5. The van der Waals surface area contributed by atoms with E-state index in [1.54, 1.807) is 0 Å². The summed E-state index contributed by atoms with van der Waals surface area (Å²) in [5.74, 6) is -1.40. The molecule has 2 aliphatic rings. The number of alkyl halides is 3.